The SMILES string of the molecule is CCOP(=O)(OCC)C(CC(=O)CCCN(C)/N=C/c1ccccc1)P(=O)(OCC)OCC. The van der Waals surface area contributed by atoms with Gasteiger partial charge in [0.15, 0.2) is 5.40 Å². The zero-order valence-corrected chi connectivity index (χ0v) is 22.1. The Labute approximate surface area is 197 Å². The number of hydrogen-bond donors (Lipinski definition) is 0. The molecule has 0 aliphatic rings. The highest BCUT2D eigenvalue weighted by Gasteiger charge is 2.51. The van der Waals surface area contributed by atoms with E-state index in [1.807, 2.05) is 37.4 Å². The molecule has 9 nitrogen and oxygen atoms in total. The molecule has 0 fully saturated rings. The van der Waals surface area contributed by atoms with Crippen molar-refractivity contribution in [2.24, 2.45) is 5.10 Å². The molecular weight excluding hydrogens is 466 g/mol. The second-order valence-corrected chi connectivity index (χ2v) is 12.0. The third-order valence-corrected chi connectivity index (χ3v) is 10.5. The monoisotopic (exact) mass is 504 g/mol. The van der Waals surface area contributed by atoms with Crippen molar-refractivity contribution in [1.82, 2.24) is 5.01 Å². The van der Waals surface area contributed by atoms with Crippen LogP contribution in [0.1, 0.15) is 52.5 Å². The maximum atomic E-state index is 13.5. The molecule has 0 saturated carbocycles. The number of hydrogen-bond acceptors (Lipinski definition) is 9. The van der Waals surface area contributed by atoms with E-state index in [2.05, 4.69) is 5.10 Å². The Bertz CT molecular complexity index is 770. The van der Waals surface area contributed by atoms with Crippen LogP contribution in [0.25, 0.3) is 0 Å². The lowest BCUT2D eigenvalue weighted by Crippen LogP contribution is -2.22. The minimum Gasteiger partial charge on any atom is -0.308 e. The molecule has 0 heterocycles. The van der Waals surface area contributed by atoms with Crippen molar-refractivity contribution in [1.29, 1.82) is 0 Å². The number of rotatable bonds is 18. The maximum absolute atomic E-state index is 13.5. The minimum atomic E-state index is -3.93. The topological polar surface area (TPSA) is 104 Å². The quantitative estimate of drug-likeness (QED) is 0.146. The van der Waals surface area contributed by atoms with E-state index < -0.39 is 20.6 Å². The average molecular weight is 505 g/mol. The Morgan fingerprint density at radius 3 is 1.88 bits per heavy atom. The predicted molar refractivity (Wildman–Crippen MR) is 131 cm³/mol. The molecule has 33 heavy (non-hydrogen) atoms. The van der Waals surface area contributed by atoms with Gasteiger partial charge in [-0.3, -0.25) is 13.9 Å². The van der Waals surface area contributed by atoms with Crippen LogP contribution in [0.2, 0.25) is 0 Å². The van der Waals surface area contributed by atoms with Crippen molar-refractivity contribution in [2.75, 3.05) is 40.0 Å². The Balaban J connectivity index is 2.85. The van der Waals surface area contributed by atoms with E-state index in [0.717, 1.165) is 5.56 Å². The largest absolute Gasteiger partial charge is 0.346 e. The standard InChI is InChI=1S/C22H38N2O7P2/c1-6-28-32(26,29-7-2)22(33(27,30-8-3)31-9-4)18-21(25)16-13-17-24(5)23-19-20-14-11-10-12-15-20/h10-12,14-15,19,22H,6-9,13,16-18H2,1-5H3/b23-19+. The summed E-state index contributed by atoms with van der Waals surface area (Å²) in [5.41, 5.74) is 0.980. The van der Waals surface area contributed by atoms with Crippen LogP contribution in [0.15, 0.2) is 35.4 Å². The van der Waals surface area contributed by atoms with E-state index in [-0.39, 0.29) is 45.1 Å². The molecule has 0 amide bonds. The molecule has 1 aromatic rings. The van der Waals surface area contributed by atoms with Crippen molar-refractivity contribution >= 4 is 27.2 Å². The molecular formula is C22H38N2O7P2. The molecule has 0 aliphatic heterocycles. The van der Waals surface area contributed by atoms with E-state index in [9.17, 15) is 13.9 Å². The molecule has 0 aromatic heterocycles. The third-order valence-electron chi connectivity index (χ3n) is 4.52. The second kappa shape index (κ2) is 15.5. The molecule has 1 aromatic carbocycles. The molecule has 0 N–H and O–H groups in total. The van der Waals surface area contributed by atoms with Crippen molar-refractivity contribution < 1.29 is 32.0 Å². The van der Waals surface area contributed by atoms with Crippen LogP contribution in [-0.4, -0.2) is 62.4 Å². The van der Waals surface area contributed by atoms with E-state index in [0.29, 0.717) is 13.0 Å². The van der Waals surface area contributed by atoms with Gasteiger partial charge in [0.1, 0.15) is 5.78 Å². The lowest BCUT2D eigenvalue weighted by molar-refractivity contribution is -0.119. The van der Waals surface area contributed by atoms with Crippen molar-refractivity contribution in [3.05, 3.63) is 35.9 Å². The predicted octanol–water partition coefficient (Wildman–Crippen LogP) is 5.55. The Morgan fingerprint density at radius 2 is 1.42 bits per heavy atom. The number of benzene rings is 1. The second-order valence-electron chi connectivity index (χ2n) is 7.11. The van der Waals surface area contributed by atoms with Gasteiger partial charge in [-0.15, -0.1) is 0 Å². The van der Waals surface area contributed by atoms with E-state index in [4.69, 9.17) is 18.1 Å². The maximum Gasteiger partial charge on any atom is 0.346 e. The fraction of sp³-hybridized carbons (Fsp3) is 0.636. The number of nitrogens with zero attached hydrogens (tertiary/aromatic N) is 2. The minimum absolute atomic E-state index is 0.0738. The van der Waals surface area contributed by atoms with E-state index in [1.54, 1.807) is 38.9 Å². The Hall–Kier alpha value is -1.34. The molecule has 0 radical (unpaired) electrons. The van der Waals surface area contributed by atoms with Crippen LogP contribution >= 0.6 is 15.2 Å². The summed E-state index contributed by atoms with van der Waals surface area (Å²) in [6.45, 7) is 7.46. The smallest absolute Gasteiger partial charge is 0.308 e. The number of Topliss-reactive ketones (excluding diaryl/α,β-unsaturated/α-hetero) is 1. The first-order valence-electron chi connectivity index (χ1n) is 11.3. The molecule has 1 rings (SSSR count). The van der Waals surface area contributed by atoms with Gasteiger partial charge in [-0.05, 0) is 39.7 Å². The fourth-order valence-corrected chi connectivity index (χ4v) is 8.43. The third kappa shape index (κ3) is 10.2. The van der Waals surface area contributed by atoms with Gasteiger partial charge in [-0.2, -0.15) is 5.10 Å². The first-order chi connectivity index (χ1) is 15.7. The van der Waals surface area contributed by atoms with Gasteiger partial charge in [0, 0.05) is 26.4 Å². The summed E-state index contributed by atoms with van der Waals surface area (Å²) in [4.78, 5) is 12.8. The first kappa shape index (κ1) is 29.7. The molecule has 0 spiro atoms. The Kier molecular flexibility index (Phi) is 14.0. The molecule has 0 aliphatic carbocycles. The zero-order chi connectivity index (χ0) is 24.7. The molecule has 0 atom stereocenters. The normalized spacial score (nSPS) is 12.5. The summed E-state index contributed by atoms with van der Waals surface area (Å²) in [7, 11) is -6.03. The average Bonchev–Trinajstić information content (AvgIpc) is 2.77. The lowest BCUT2D eigenvalue weighted by Gasteiger charge is -2.31. The van der Waals surface area contributed by atoms with E-state index in [1.165, 1.54) is 0 Å². The van der Waals surface area contributed by atoms with Crippen LogP contribution < -0.4 is 0 Å². The summed E-state index contributed by atoms with van der Waals surface area (Å²) < 4.78 is 48.6. The highest BCUT2D eigenvalue weighted by Crippen LogP contribution is 2.71. The molecule has 0 unspecified atom stereocenters. The van der Waals surface area contributed by atoms with Crippen molar-refractivity contribution in [2.45, 2.75) is 52.4 Å². The molecule has 188 valence electrons. The van der Waals surface area contributed by atoms with Crippen molar-refractivity contribution in [3.8, 4) is 0 Å². The van der Waals surface area contributed by atoms with Crippen molar-refractivity contribution in [3.63, 3.8) is 0 Å². The van der Waals surface area contributed by atoms with Crippen LogP contribution in [0.5, 0.6) is 0 Å². The van der Waals surface area contributed by atoms with Crippen LogP contribution in [-0.2, 0) is 32.0 Å². The summed E-state index contributed by atoms with van der Waals surface area (Å²) in [6.07, 6.45) is 2.18. The molecule has 0 saturated heterocycles. The van der Waals surface area contributed by atoms with E-state index >= 15 is 0 Å². The van der Waals surface area contributed by atoms with Gasteiger partial charge in [0.2, 0.25) is 0 Å². The number of hydrazone groups is 1. The number of carbonyl (C=O) groups is 1. The number of carbonyl (C=O) groups excluding carboxylic acids is 1. The number of ketones is 1. The molecule has 0 bridgehead atoms. The summed E-state index contributed by atoms with van der Waals surface area (Å²) in [6, 6.07) is 9.70. The highest BCUT2D eigenvalue weighted by atomic mass is 31.2. The summed E-state index contributed by atoms with van der Waals surface area (Å²) >= 11 is 0. The van der Waals surface area contributed by atoms with Gasteiger partial charge in [-0.25, -0.2) is 0 Å². The van der Waals surface area contributed by atoms with Gasteiger partial charge >= 0.3 is 15.2 Å². The lowest BCUT2D eigenvalue weighted by atomic mass is 10.2. The van der Waals surface area contributed by atoms with Gasteiger partial charge in [-0.1, -0.05) is 30.3 Å². The zero-order valence-electron chi connectivity index (χ0n) is 20.3. The van der Waals surface area contributed by atoms with Gasteiger partial charge in [0.25, 0.3) is 0 Å². The molecule has 11 heteroatoms. The van der Waals surface area contributed by atoms with Gasteiger partial charge in [0.05, 0.1) is 32.6 Å². The highest BCUT2D eigenvalue weighted by molar-refractivity contribution is 7.72. The van der Waals surface area contributed by atoms with Crippen LogP contribution in [0.3, 0.4) is 0 Å². The Morgan fingerprint density at radius 1 is 0.939 bits per heavy atom. The van der Waals surface area contributed by atoms with Crippen LogP contribution in [0.4, 0.5) is 0 Å². The summed E-state index contributed by atoms with van der Waals surface area (Å²) in [5, 5.41) is 4.79. The summed E-state index contributed by atoms with van der Waals surface area (Å²) in [5.74, 6) is -0.222. The first-order valence-corrected chi connectivity index (χ1v) is 14.6. The van der Waals surface area contributed by atoms with Gasteiger partial charge < -0.3 is 23.1 Å². The van der Waals surface area contributed by atoms with Crippen LogP contribution in [0, 0.1) is 0 Å². The fourth-order valence-electron chi connectivity index (χ4n) is 3.11.